The number of halogens is 2. The number of rotatable bonds is 2. The SMILES string of the molecule is COc1cc(-c2[c]ccc(Cl)c2)ccc1Cl. The molecule has 3 heteroatoms. The lowest BCUT2D eigenvalue weighted by Crippen LogP contribution is -1.85. The van der Waals surface area contributed by atoms with Crippen LogP contribution in [0.15, 0.2) is 36.4 Å². The molecule has 16 heavy (non-hydrogen) atoms. The summed E-state index contributed by atoms with van der Waals surface area (Å²) in [6.45, 7) is 0. The molecule has 0 N–H and O–H groups in total. The van der Waals surface area contributed by atoms with Gasteiger partial charge < -0.3 is 4.74 Å². The van der Waals surface area contributed by atoms with Crippen LogP contribution >= 0.6 is 23.2 Å². The second-order valence-electron chi connectivity index (χ2n) is 3.27. The first-order valence-electron chi connectivity index (χ1n) is 4.72. The molecule has 2 rings (SSSR count). The second-order valence-corrected chi connectivity index (χ2v) is 4.11. The lowest BCUT2D eigenvalue weighted by Gasteiger charge is -2.06. The molecule has 0 spiro atoms. The summed E-state index contributed by atoms with van der Waals surface area (Å²) in [5, 5.41) is 1.27. The molecule has 81 valence electrons. The molecule has 0 bridgehead atoms. The van der Waals surface area contributed by atoms with Crippen LogP contribution in [-0.4, -0.2) is 7.11 Å². The maximum atomic E-state index is 5.95. The van der Waals surface area contributed by atoms with E-state index in [1.165, 1.54) is 0 Å². The minimum atomic E-state index is 0.591. The predicted molar refractivity (Wildman–Crippen MR) is 67.3 cm³/mol. The van der Waals surface area contributed by atoms with E-state index in [2.05, 4.69) is 6.07 Å². The van der Waals surface area contributed by atoms with Gasteiger partial charge in [0.2, 0.25) is 0 Å². The van der Waals surface area contributed by atoms with Crippen LogP contribution < -0.4 is 4.74 Å². The zero-order chi connectivity index (χ0) is 11.5. The van der Waals surface area contributed by atoms with Gasteiger partial charge in [0.05, 0.1) is 12.1 Å². The largest absolute Gasteiger partial charge is 0.495 e. The normalized spacial score (nSPS) is 10.2. The molecule has 2 aromatic rings. The van der Waals surface area contributed by atoms with E-state index >= 15 is 0 Å². The summed E-state index contributed by atoms with van der Waals surface area (Å²) >= 11 is 11.9. The van der Waals surface area contributed by atoms with E-state index in [0.29, 0.717) is 15.8 Å². The molecule has 0 aliphatic rings. The smallest absolute Gasteiger partial charge is 0.138 e. The number of methoxy groups -OCH3 is 1. The van der Waals surface area contributed by atoms with Gasteiger partial charge in [-0.3, -0.25) is 0 Å². The standard InChI is InChI=1S/C13H9Cl2O/c1-16-13-8-10(5-6-12(13)15)9-3-2-4-11(14)7-9/h2,4-8H,1H3. The van der Waals surface area contributed by atoms with Gasteiger partial charge in [-0.2, -0.15) is 0 Å². The van der Waals surface area contributed by atoms with Crippen molar-refractivity contribution in [2.45, 2.75) is 0 Å². The molecule has 0 saturated heterocycles. The Morgan fingerprint density at radius 1 is 1.12 bits per heavy atom. The number of ether oxygens (including phenoxy) is 1. The molecule has 0 aliphatic heterocycles. The van der Waals surface area contributed by atoms with Crippen molar-refractivity contribution in [2.24, 2.45) is 0 Å². The minimum Gasteiger partial charge on any atom is -0.495 e. The van der Waals surface area contributed by atoms with Crippen molar-refractivity contribution in [3.63, 3.8) is 0 Å². The van der Waals surface area contributed by atoms with Crippen molar-refractivity contribution >= 4 is 23.2 Å². The molecule has 0 heterocycles. The average Bonchev–Trinajstić information content (AvgIpc) is 2.29. The van der Waals surface area contributed by atoms with E-state index in [4.69, 9.17) is 27.9 Å². The van der Waals surface area contributed by atoms with Crippen molar-refractivity contribution in [3.8, 4) is 16.9 Å². The highest BCUT2D eigenvalue weighted by Gasteiger charge is 2.04. The first-order chi connectivity index (χ1) is 7.70. The fourth-order valence-corrected chi connectivity index (χ4v) is 1.80. The Labute approximate surface area is 105 Å². The highest BCUT2D eigenvalue weighted by Crippen LogP contribution is 2.30. The predicted octanol–water partition coefficient (Wildman–Crippen LogP) is 4.47. The second kappa shape index (κ2) is 4.77. The summed E-state index contributed by atoms with van der Waals surface area (Å²) in [6, 6.07) is 14.1. The maximum Gasteiger partial charge on any atom is 0.138 e. The molecular weight excluding hydrogens is 243 g/mol. The monoisotopic (exact) mass is 251 g/mol. The maximum absolute atomic E-state index is 5.95. The summed E-state index contributed by atoms with van der Waals surface area (Å²) in [5.41, 5.74) is 1.89. The van der Waals surface area contributed by atoms with E-state index in [9.17, 15) is 0 Å². The van der Waals surface area contributed by atoms with Crippen LogP contribution in [0.5, 0.6) is 5.75 Å². The first-order valence-corrected chi connectivity index (χ1v) is 5.47. The highest BCUT2D eigenvalue weighted by molar-refractivity contribution is 6.32. The van der Waals surface area contributed by atoms with Gasteiger partial charge in [-0.1, -0.05) is 35.3 Å². The topological polar surface area (TPSA) is 9.23 Å². The Morgan fingerprint density at radius 2 is 1.94 bits per heavy atom. The minimum absolute atomic E-state index is 0.591. The van der Waals surface area contributed by atoms with E-state index in [0.717, 1.165) is 11.1 Å². The number of benzene rings is 2. The molecule has 2 aromatic carbocycles. The van der Waals surface area contributed by atoms with Crippen LogP contribution in [0.1, 0.15) is 0 Å². The summed E-state index contributed by atoms with van der Waals surface area (Å²) in [6.07, 6.45) is 0. The Morgan fingerprint density at radius 3 is 2.62 bits per heavy atom. The van der Waals surface area contributed by atoms with Gasteiger partial charge in [-0.15, -0.1) is 0 Å². The molecule has 0 saturated carbocycles. The highest BCUT2D eigenvalue weighted by atomic mass is 35.5. The molecule has 0 aromatic heterocycles. The van der Waals surface area contributed by atoms with Crippen molar-refractivity contribution in [3.05, 3.63) is 52.5 Å². The van der Waals surface area contributed by atoms with Crippen LogP contribution in [0.25, 0.3) is 11.1 Å². The van der Waals surface area contributed by atoms with Gasteiger partial charge in [0.25, 0.3) is 0 Å². The van der Waals surface area contributed by atoms with Gasteiger partial charge in [-0.25, -0.2) is 0 Å². The van der Waals surface area contributed by atoms with Gasteiger partial charge in [0, 0.05) is 5.02 Å². The third kappa shape index (κ3) is 2.31. The Hall–Kier alpha value is -1.18. The van der Waals surface area contributed by atoms with Crippen LogP contribution in [0, 0.1) is 6.07 Å². The van der Waals surface area contributed by atoms with Gasteiger partial charge in [-0.05, 0) is 41.5 Å². The molecule has 0 amide bonds. The van der Waals surface area contributed by atoms with Crippen molar-refractivity contribution in [2.75, 3.05) is 7.11 Å². The fraction of sp³-hybridized carbons (Fsp3) is 0.0769. The lowest BCUT2D eigenvalue weighted by atomic mass is 10.1. The van der Waals surface area contributed by atoms with Crippen molar-refractivity contribution < 1.29 is 4.74 Å². The Kier molecular flexibility index (Phi) is 3.37. The molecule has 0 unspecified atom stereocenters. The molecule has 0 atom stereocenters. The van der Waals surface area contributed by atoms with Crippen molar-refractivity contribution in [1.29, 1.82) is 0 Å². The van der Waals surface area contributed by atoms with E-state index in [1.54, 1.807) is 25.3 Å². The summed E-state index contributed by atoms with van der Waals surface area (Å²) in [7, 11) is 1.59. The average molecular weight is 252 g/mol. The van der Waals surface area contributed by atoms with Gasteiger partial charge in [0.15, 0.2) is 0 Å². The van der Waals surface area contributed by atoms with E-state index in [1.807, 2.05) is 18.2 Å². The third-order valence-corrected chi connectivity index (χ3v) is 2.77. The lowest BCUT2D eigenvalue weighted by molar-refractivity contribution is 0.415. The van der Waals surface area contributed by atoms with Crippen LogP contribution in [-0.2, 0) is 0 Å². The zero-order valence-corrected chi connectivity index (χ0v) is 10.1. The van der Waals surface area contributed by atoms with E-state index in [-0.39, 0.29) is 0 Å². The van der Waals surface area contributed by atoms with Gasteiger partial charge >= 0.3 is 0 Å². The Bertz CT molecular complexity index is 509. The zero-order valence-electron chi connectivity index (χ0n) is 8.63. The summed E-state index contributed by atoms with van der Waals surface area (Å²) in [4.78, 5) is 0. The van der Waals surface area contributed by atoms with Crippen LogP contribution in [0.2, 0.25) is 10.0 Å². The summed E-state index contributed by atoms with van der Waals surface area (Å²) < 4.78 is 5.16. The quantitative estimate of drug-likeness (QED) is 0.766. The third-order valence-electron chi connectivity index (χ3n) is 2.23. The first kappa shape index (κ1) is 11.3. The molecule has 0 aliphatic carbocycles. The Balaban J connectivity index is 2.48. The summed E-state index contributed by atoms with van der Waals surface area (Å²) in [5.74, 6) is 0.646. The van der Waals surface area contributed by atoms with Crippen molar-refractivity contribution in [1.82, 2.24) is 0 Å². The fourth-order valence-electron chi connectivity index (χ4n) is 1.43. The molecular formula is C13H9Cl2O. The molecule has 1 radical (unpaired) electrons. The number of hydrogen-bond donors (Lipinski definition) is 0. The van der Waals surface area contributed by atoms with E-state index < -0.39 is 0 Å². The van der Waals surface area contributed by atoms with Crippen LogP contribution in [0.3, 0.4) is 0 Å². The van der Waals surface area contributed by atoms with Gasteiger partial charge in [0.1, 0.15) is 5.75 Å². The molecule has 0 fully saturated rings. The van der Waals surface area contributed by atoms with Crippen LogP contribution in [0.4, 0.5) is 0 Å². The molecule has 1 nitrogen and oxygen atoms in total. The number of hydrogen-bond acceptors (Lipinski definition) is 1.